The topological polar surface area (TPSA) is 99.7 Å². The average molecular weight is 377 g/mol. The second-order valence-corrected chi connectivity index (χ2v) is 6.56. The quantitative estimate of drug-likeness (QED) is 0.861. The number of fused-ring (bicyclic) bond motifs is 2. The monoisotopic (exact) mass is 376 g/mol. The number of carbonyl (C=O) groups is 2. The molecule has 0 aliphatic carbocycles. The Morgan fingerprint density at radius 2 is 1.92 bits per heavy atom. The van der Waals surface area contributed by atoms with Crippen LogP contribution in [-0.2, 0) is 24.3 Å². The second kappa shape index (κ2) is 6.53. The molecule has 2 aliphatic rings. The molecule has 26 heavy (non-hydrogen) atoms. The van der Waals surface area contributed by atoms with Gasteiger partial charge in [-0.3, -0.25) is 9.59 Å². The number of hydrogen-bond acceptors (Lipinski definition) is 5. The van der Waals surface area contributed by atoms with Crippen molar-refractivity contribution < 1.29 is 19.1 Å². The van der Waals surface area contributed by atoms with Crippen LogP contribution < -0.4 is 15.2 Å². The lowest BCUT2D eigenvalue weighted by Crippen LogP contribution is -2.40. The van der Waals surface area contributed by atoms with Gasteiger partial charge in [-0.05, 0) is 11.6 Å². The van der Waals surface area contributed by atoms with E-state index in [2.05, 4.69) is 4.98 Å². The summed E-state index contributed by atoms with van der Waals surface area (Å²) < 4.78 is 12.8. The molecule has 0 saturated carbocycles. The third-order valence-electron chi connectivity index (χ3n) is 4.52. The summed E-state index contributed by atoms with van der Waals surface area (Å²) in [5.41, 5.74) is 6.38. The maximum Gasteiger partial charge on any atom is 0.266 e. The summed E-state index contributed by atoms with van der Waals surface area (Å²) in [7, 11) is 0. The van der Waals surface area contributed by atoms with Crippen molar-refractivity contribution in [3.63, 3.8) is 0 Å². The minimum absolute atomic E-state index is 0.0709. The van der Waals surface area contributed by atoms with Crippen LogP contribution in [0.4, 0.5) is 0 Å². The number of carbonyl (C=O) groups excluding carboxylic acids is 2. The number of rotatable bonds is 3. The highest BCUT2D eigenvalue weighted by Gasteiger charge is 2.26. The number of ether oxygens (including phenoxy) is 2. The van der Waals surface area contributed by atoms with E-state index in [1.165, 1.54) is 6.20 Å². The number of nitrogens with two attached hydrogens (primary N) is 1. The fourth-order valence-electron chi connectivity index (χ4n) is 3.19. The Kier molecular flexibility index (Phi) is 4.20. The fourth-order valence-corrected chi connectivity index (χ4v) is 3.41. The van der Waals surface area contributed by atoms with Gasteiger partial charge < -0.3 is 24.7 Å². The first-order chi connectivity index (χ1) is 12.5. The van der Waals surface area contributed by atoms with Crippen LogP contribution in [0.2, 0.25) is 5.02 Å². The first-order valence-electron chi connectivity index (χ1n) is 8.23. The first-order valence-corrected chi connectivity index (χ1v) is 8.60. The number of imidazole rings is 1. The number of hydrogen-bond donors (Lipinski definition) is 1. The molecule has 1 aromatic heterocycles. The zero-order valence-corrected chi connectivity index (χ0v) is 14.7. The Morgan fingerprint density at radius 1 is 1.19 bits per heavy atom. The van der Waals surface area contributed by atoms with E-state index in [0.29, 0.717) is 66.5 Å². The van der Waals surface area contributed by atoms with Gasteiger partial charge in [-0.25, -0.2) is 4.98 Å². The van der Waals surface area contributed by atoms with Crippen molar-refractivity contribution in [1.29, 1.82) is 0 Å². The van der Waals surface area contributed by atoms with E-state index in [9.17, 15) is 9.59 Å². The van der Waals surface area contributed by atoms with Gasteiger partial charge in [0, 0.05) is 24.2 Å². The van der Waals surface area contributed by atoms with Crippen molar-refractivity contribution in [1.82, 2.24) is 14.5 Å². The Bertz CT molecular complexity index is 895. The van der Waals surface area contributed by atoms with Gasteiger partial charge >= 0.3 is 0 Å². The molecule has 0 unspecified atom stereocenters. The van der Waals surface area contributed by atoms with Gasteiger partial charge in [-0.2, -0.15) is 0 Å². The summed E-state index contributed by atoms with van der Waals surface area (Å²) in [4.78, 5) is 30.0. The maximum atomic E-state index is 12.7. The van der Waals surface area contributed by atoms with E-state index >= 15 is 0 Å². The van der Waals surface area contributed by atoms with Crippen molar-refractivity contribution in [3.8, 4) is 11.5 Å². The fraction of sp³-hybridized carbons (Fsp3) is 0.353. The lowest BCUT2D eigenvalue weighted by atomic mass is 10.1. The van der Waals surface area contributed by atoms with Gasteiger partial charge in [0.05, 0.1) is 19.2 Å². The summed E-state index contributed by atoms with van der Waals surface area (Å²) in [5.74, 6) is 1.25. The number of nitrogens with zero attached hydrogens (tertiary/aromatic N) is 3. The normalized spacial score (nSPS) is 15.5. The summed E-state index contributed by atoms with van der Waals surface area (Å²) in [6.07, 6.45) is 1.60. The van der Waals surface area contributed by atoms with Gasteiger partial charge in [0.1, 0.15) is 24.7 Å². The molecule has 4 rings (SSSR count). The second-order valence-electron chi connectivity index (χ2n) is 6.15. The van der Waals surface area contributed by atoms with Gasteiger partial charge in [-0.15, -0.1) is 0 Å². The predicted molar refractivity (Wildman–Crippen MR) is 92.3 cm³/mol. The highest BCUT2D eigenvalue weighted by molar-refractivity contribution is 6.31. The molecule has 0 bridgehead atoms. The predicted octanol–water partition coefficient (Wildman–Crippen LogP) is 0.991. The number of amides is 2. The van der Waals surface area contributed by atoms with Crippen molar-refractivity contribution in [3.05, 3.63) is 40.4 Å². The van der Waals surface area contributed by atoms with Crippen LogP contribution in [0.15, 0.2) is 18.3 Å². The first kappa shape index (κ1) is 16.7. The third-order valence-corrected chi connectivity index (χ3v) is 4.87. The van der Waals surface area contributed by atoms with Crippen LogP contribution in [0.3, 0.4) is 0 Å². The lowest BCUT2D eigenvalue weighted by Gasteiger charge is -2.28. The van der Waals surface area contributed by atoms with E-state index in [1.807, 2.05) is 0 Å². The van der Waals surface area contributed by atoms with E-state index < -0.39 is 5.91 Å². The summed E-state index contributed by atoms with van der Waals surface area (Å²) >= 11 is 6.29. The van der Waals surface area contributed by atoms with Crippen LogP contribution in [0, 0.1) is 0 Å². The van der Waals surface area contributed by atoms with Crippen LogP contribution >= 0.6 is 11.6 Å². The van der Waals surface area contributed by atoms with E-state index in [4.69, 9.17) is 26.8 Å². The molecule has 2 aromatic rings. The van der Waals surface area contributed by atoms with Crippen LogP contribution in [0.1, 0.15) is 21.9 Å². The zero-order valence-electron chi connectivity index (χ0n) is 13.9. The van der Waals surface area contributed by atoms with Crippen LogP contribution in [0.5, 0.6) is 11.5 Å². The third kappa shape index (κ3) is 2.96. The molecule has 3 heterocycles. The average Bonchev–Trinajstić information content (AvgIpc) is 3.05. The van der Waals surface area contributed by atoms with E-state index in [1.54, 1.807) is 21.6 Å². The molecule has 9 heteroatoms. The Labute approximate surface area is 154 Å². The van der Waals surface area contributed by atoms with Gasteiger partial charge in [-0.1, -0.05) is 11.6 Å². The van der Waals surface area contributed by atoms with Crippen molar-refractivity contribution >= 4 is 23.4 Å². The number of benzene rings is 1. The SMILES string of the molecule is NC(=O)c1cnc2n1CCN(C(=O)Cc1cc3c(cc1Cl)OCCO3)C2. The van der Waals surface area contributed by atoms with Crippen molar-refractivity contribution in [2.45, 2.75) is 19.5 Å². The van der Waals surface area contributed by atoms with Crippen LogP contribution in [-0.4, -0.2) is 46.0 Å². The molecule has 0 fully saturated rings. The minimum Gasteiger partial charge on any atom is -0.486 e. The molecular formula is C17H17ClN4O4. The highest BCUT2D eigenvalue weighted by Crippen LogP contribution is 2.35. The number of aromatic nitrogens is 2. The lowest BCUT2D eigenvalue weighted by molar-refractivity contribution is -0.132. The largest absolute Gasteiger partial charge is 0.486 e. The minimum atomic E-state index is -0.522. The van der Waals surface area contributed by atoms with Crippen molar-refractivity contribution in [2.75, 3.05) is 19.8 Å². The number of halogens is 1. The van der Waals surface area contributed by atoms with E-state index in [0.717, 1.165) is 0 Å². The molecule has 136 valence electrons. The van der Waals surface area contributed by atoms with Gasteiger partial charge in [0.15, 0.2) is 11.5 Å². The Hall–Kier alpha value is -2.74. The summed E-state index contributed by atoms with van der Waals surface area (Å²) in [5, 5.41) is 0.470. The molecule has 0 radical (unpaired) electrons. The standard InChI is InChI=1S/C17H17ClN4O4/c18-11-7-14-13(25-3-4-26-14)5-10(11)6-16(23)21-1-2-22-12(17(19)24)8-20-15(22)9-21/h5,7-8H,1-4,6,9H2,(H2,19,24). The maximum absolute atomic E-state index is 12.7. The van der Waals surface area contributed by atoms with Gasteiger partial charge in [0.25, 0.3) is 5.91 Å². The zero-order chi connectivity index (χ0) is 18.3. The Balaban J connectivity index is 1.50. The Morgan fingerprint density at radius 3 is 2.65 bits per heavy atom. The molecule has 0 spiro atoms. The van der Waals surface area contributed by atoms with E-state index in [-0.39, 0.29) is 12.3 Å². The molecular weight excluding hydrogens is 360 g/mol. The summed E-state index contributed by atoms with van der Waals surface area (Å²) in [6, 6.07) is 3.44. The molecule has 0 atom stereocenters. The summed E-state index contributed by atoms with van der Waals surface area (Å²) in [6.45, 7) is 2.24. The molecule has 0 saturated heterocycles. The molecule has 1 aromatic carbocycles. The number of primary amides is 1. The smallest absolute Gasteiger partial charge is 0.266 e. The molecule has 2 N–H and O–H groups in total. The van der Waals surface area contributed by atoms with Crippen molar-refractivity contribution in [2.24, 2.45) is 5.73 Å². The molecule has 2 amide bonds. The van der Waals surface area contributed by atoms with Gasteiger partial charge in [0.2, 0.25) is 5.91 Å². The molecule has 2 aliphatic heterocycles. The molecule has 8 nitrogen and oxygen atoms in total. The highest BCUT2D eigenvalue weighted by atomic mass is 35.5. The van der Waals surface area contributed by atoms with Crippen LogP contribution in [0.25, 0.3) is 0 Å².